The van der Waals surface area contributed by atoms with Gasteiger partial charge in [-0.3, -0.25) is 4.68 Å². The maximum atomic E-state index is 5.77. The van der Waals surface area contributed by atoms with Crippen LogP contribution in [0.15, 0.2) is 6.20 Å². The Morgan fingerprint density at radius 1 is 1.38 bits per heavy atom. The molecule has 3 nitrogen and oxygen atoms in total. The smallest absolute Gasteiger partial charge is 0.0851 e. The highest BCUT2D eigenvalue weighted by Crippen LogP contribution is 2.10. The zero-order chi connectivity index (χ0) is 9.68. The largest absolute Gasteiger partial charge is 0.396 e. The Morgan fingerprint density at radius 2 is 2.15 bits per heavy atom. The fourth-order valence-electron chi connectivity index (χ4n) is 1.39. The number of nitrogen functional groups attached to an aromatic ring is 1. The minimum atomic E-state index is 0.832. The van der Waals surface area contributed by atoms with Crippen LogP contribution in [-0.4, -0.2) is 9.78 Å². The molecule has 0 radical (unpaired) electrons. The highest BCUT2D eigenvalue weighted by atomic mass is 15.3. The molecule has 0 aliphatic heterocycles. The summed E-state index contributed by atoms with van der Waals surface area (Å²) < 4.78 is 1.96. The van der Waals surface area contributed by atoms with E-state index in [-0.39, 0.29) is 0 Å². The van der Waals surface area contributed by atoms with Gasteiger partial charge in [-0.2, -0.15) is 5.10 Å². The molecule has 2 N–H and O–H groups in total. The number of aromatic nitrogens is 2. The Morgan fingerprint density at radius 3 is 2.69 bits per heavy atom. The number of hydrogen-bond acceptors (Lipinski definition) is 2. The van der Waals surface area contributed by atoms with Crippen molar-refractivity contribution in [3.05, 3.63) is 11.9 Å². The molecule has 1 aromatic heterocycles. The molecular formula is C10H19N3. The van der Waals surface area contributed by atoms with Crippen molar-refractivity contribution in [1.82, 2.24) is 9.78 Å². The van der Waals surface area contributed by atoms with Crippen molar-refractivity contribution in [2.75, 3.05) is 5.73 Å². The first-order valence-electron chi connectivity index (χ1n) is 5.09. The van der Waals surface area contributed by atoms with E-state index in [4.69, 9.17) is 5.73 Å². The van der Waals surface area contributed by atoms with Crippen molar-refractivity contribution < 1.29 is 0 Å². The number of nitrogens with two attached hydrogens (primary N) is 1. The molecule has 13 heavy (non-hydrogen) atoms. The number of anilines is 1. The van der Waals surface area contributed by atoms with E-state index >= 15 is 0 Å². The number of nitrogens with zero attached hydrogens (tertiary/aromatic N) is 2. The molecule has 0 aliphatic carbocycles. The van der Waals surface area contributed by atoms with Crippen LogP contribution in [-0.2, 0) is 13.0 Å². The molecule has 0 saturated heterocycles. The van der Waals surface area contributed by atoms with Crippen molar-refractivity contribution >= 4 is 5.69 Å². The molecule has 0 amide bonds. The summed E-state index contributed by atoms with van der Waals surface area (Å²) in [5, 5.41) is 4.39. The normalized spacial score (nSPS) is 10.6. The third-order valence-corrected chi connectivity index (χ3v) is 2.20. The lowest BCUT2D eigenvalue weighted by Gasteiger charge is -1.98. The number of aryl methyl sites for hydroxylation is 2. The molecule has 74 valence electrons. The van der Waals surface area contributed by atoms with Gasteiger partial charge >= 0.3 is 0 Å². The Bertz CT molecular complexity index is 253. The number of rotatable bonds is 5. The molecule has 0 atom stereocenters. The first-order valence-corrected chi connectivity index (χ1v) is 5.09. The second kappa shape index (κ2) is 4.90. The lowest BCUT2D eigenvalue weighted by atomic mass is 10.2. The molecule has 0 aromatic carbocycles. The van der Waals surface area contributed by atoms with Gasteiger partial charge in [-0.1, -0.05) is 26.7 Å². The molecular weight excluding hydrogens is 162 g/mol. The summed E-state index contributed by atoms with van der Waals surface area (Å²) in [5.41, 5.74) is 7.63. The average Bonchev–Trinajstić information content (AvgIpc) is 2.47. The second-order valence-corrected chi connectivity index (χ2v) is 3.35. The van der Waals surface area contributed by atoms with E-state index in [2.05, 4.69) is 18.9 Å². The molecule has 0 aliphatic rings. The molecule has 3 heteroatoms. The van der Waals surface area contributed by atoms with Crippen molar-refractivity contribution in [3.63, 3.8) is 0 Å². The van der Waals surface area contributed by atoms with Gasteiger partial charge in [-0.05, 0) is 12.8 Å². The van der Waals surface area contributed by atoms with E-state index in [9.17, 15) is 0 Å². The fraction of sp³-hybridized carbons (Fsp3) is 0.700. The van der Waals surface area contributed by atoms with Crippen LogP contribution in [0.1, 0.15) is 38.8 Å². The minimum absolute atomic E-state index is 0.832. The van der Waals surface area contributed by atoms with Crippen LogP contribution >= 0.6 is 0 Å². The zero-order valence-corrected chi connectivity index (χ0v) is 8.58. The fourth-order valence-corrected chi connectivity index (χ4v) is 1.39. The van der Waals surface area contributed by atoms with Gasteiger partial charge < -0.3 is 5.73 Å². The molecule has 1 rings (SSSR count). The molecule has 0 bridgehead atoms. The maximum Gasteiger partial charge on any atom is 0.0851 e. The van der Waals surface area contributed by atoms with Gasteiger partial charge in [-0.25, -0.2) is 0 Å². The lowest BCUT2D eigenvalue weighted by Crippen LogP contribution is -1.99. The predicted octanol–water partition coefficient (Wildman–Crippen LogP) is 2.22. The third kappa shape index (κ3) is 2.76. The topological polar surface area (TPSA) is 43.8 Å². The van der Waals surface area contributed by atoms with Gasteiger partial charge in [0.25, 0.3) is 0 Å². The van der Waals surface area contributed by atoms with Gasteiger partial charge in [0.05, 0.1) is 11.4 Å². The van der Waals surface area contributed by atoms with Crippen LogP contribution in [0.4, 0.5) is 5.69 Å². The van der Waals surface area contributed by atoms with Crippen molar-refractivity contribution in [3.8, 4) is 0 Å². The summed E-state index contributed by atoms with van der Waals surface area (Å²) in [5.74, 6) is 0. The minimum Gasteiger partial charge on any atom is -0.396 e. The van der Waals surface area contributed by atoms with Crippen molar-refractivity contribution in [1.29, 1.82) is 0 Å². The Kier molecular flexibility index (Phi) is 3.80. The van der Waals surface area contributed by atoms with E-state index < -0.39 is 0 Å². The summed E-state index contributed by atoms with van der Waals surface area (Å²) in [6.07, 6.45) is 6.57. The number of unbranched alkanes of at least 4 members (excludes halogenated alkanes) is 2. The van der Waals surface area contributed by atoms with E-state index in [1.54, 1.807) is 0 Å². The van der Waals surface area contributed by atoms with Crippen LogP contribution in [0.5, 0.6) is 0 Å². The monoisotopic (exact) mass is 181 g/mol. The van der Waals surface area contributed by atoms with Crippen LogP contribution in [0.25, 0.3) is 0 Å². The van der Waals surface area contributed by atoms with E-state index in [1.165, 1.54) is 19.3 Å². The van der Waals surface area contributed by atoms with Crippen LogP contribution in [0, 0.1) is 0 Å². The zero-order valence-electron chi connectivity index (χ0n) is 8.58. The molecule has 0 spiro atoms. The van der Waals surface area contributed by atoms with Gasteiger partial charge in [0, 0.05) is 12.7 Å². The third-order valence-electron chi connectivity index (χ3n) is 2.20. The van der Waals surface area contributed by atoms with E-state index in [1.807, 2.05) is 10.9 Å². The first-order chi connectivity index (χ1) is 6.27. The molecule has 0 saturated carbocycles. The Hall–Kier alpha value is -0.990. The Labute approximate surface area is 79.9 Å². The van der Waals surface area contributed by atoms with Crippen molar-refractivity contribution in [2.45, 2.75) is 46.1 Å². The SMILES string of the molecule is CCCCCn1cc(N)c(CC)n1. The summed E-state index contributed by atoms with van der Waals surface area (Å²) in [7, 11) is 0. The van der Waals surface area contributed by atoms with Gasteiger partial charge in [-0.15, -0.1) is 0 Å². The molecule has 0 fully saturated rings. The average molecular weight is 181 g/mol. The first kappa shape index (κ1) is 10.1. The van der Waals surface area contributed by atoms with E-state index in [0.29, 0.717) is 0 Å². The number of hydrogen-bond donors (Lipinski definition) is 1. The lowest BCUT2D eigenvalue weighted by molar-refractivity contribution is 0.548. The molecule has 1 aromatic rings. The quantitative estimate of drug-likeness (QED) is 0.708. The summed E-state index contributed by atoms with van der Waals surface area (Å²) in [4.78, 5) is 0. The molecule has 1 heterocycles. The molecule has 0 unspecified atom stereocenters. The predicted molar refractivity (Wildman–Crippen MR) is 55.5 cm³/mol. The summed E-state index contributed by atoms with van der Waals surface area (Å²) >= 11 is 0. The summed E-state index contributed by atoms with van der Waals surface area (Å²) in [6.45, 7) is 5.28. The standard InChI is InChI=1S/C10H19N3/c1-3-5-6-7-13-8-9(11)10(4-2)12-13/h8H,3-7,11H2,1-2H3. The summed E-state index contributed by atoms with van der Waals surface area (Å²) in [6, 6.07) is 0. The van der Waals surface area contributed by atoms with Gasteiger partial charge in [0.2, 0.25) is 0 Å². The Balaban J connectivity index is 2.48. The van der Waals surface area contributed by atoms with E-state index in [0.717, 1.165) is 24.3 Å². The van der Waals surface area contributed by atoms with Crippen LogP contribution in [0.3, 0.4) is 0 Å². The highest BCUT2D eigenvalue weighted by Gasteiger charge is 2.02. The highest BCUT2D eigenvalue weighted by molar-refractivity contribution is 5.40. The second-order valence-electron chi connectivity index (χ2n) is 3.35. The van der Waals surface area contributed by atoms with Gasteiger partial charge in [0.1, 0.15) is 0 Å². The van der Waals surface area contributed by atoms with Crippen molar-refractivity contribution in [2.24, 2.45) is 0 Å². The van der Waals surface area contributed by atoms with Gasteiger partial charge in [0.15, 0.2) is 0 Å². The van der Waals surface area contributed by atoms with Crippen LogP contribution in [0.2, 0.25) is 0 Å². The van der Waals surface area contributed by atoms with Crippen LogP contribution < -0.4 is 5.73 Å². The maximum absolute atomic E-state index is 5.77.